The Morgan fingerprint density at radius 1 is 1.03 bits per heavy atom. The van der Waals surface area contributed by atoms with Gasteiger partial charge in [0.2, 0.25) is 0 Å². The molecule has 1 amide bonds. The fourth-order valence-electron chi connectivity index (χ4n) is 3.92. The number of ether oxygens (including phenoxy) is 1. The Labute approximate surface area is 178 Å². The molecule has 0 saturated heterocycles. The van der Waals surface area contributed by atoms with Crippen LogP contribution in [0, 0.1) is 13.8 Å². The van der Waals surface area contributed by atoms with Crippen LogP contribution in [0.4, 0.5) is 4.79 Å². The van der Waals surface area contributed by atoms with Crippen LogP contribution in [-0.4, -0.2) is 37.4 Å². The van der Waals surface area contributed by atoms with Gasteiger partial charge in [0.25, 0.3) is 0 Å². The minimum atomic E-state index is -3.75. The zero-order valence-electron chi connectivity index (χ0n) is 18.1. The lowest BCUT2D eigenvalue weighted by atomic mass is 10.0. The highest BCUT2D eigenvalue weighted by atomic mass is 32.2. The van der Waals surface area contributed by atoms with Crippen molar-refractivity contribution in [2.45, 2.75) is 61.8 Å². The molecule has 1 aliphatic rings. The van der Waals surface area contributed by atoms with Crippen molar-refractivity contribution in [2.75, 3.05) is 6.54 Å². The van der Waals surface area contributed by atoms with Gasteiger partial charge in [0.05, 0.1) is 10.4 Å². The second-order valence-electron chi connectivity index (χ2n) is 9.04. The van der Waals surface area contributed by atoms with Crippen molar-refractivity contribution in [1.82, 2.24) is 5.32 Å². The third-order valence-corrected chi connectivity index (χ3v) is 7.74. The lowest BCUT2D eigenvalue weighted by Crippen LogP contribution is -2.49. The van der Waals surface area contributed by atoms with E-state index in [-0.39, 0.29) is 11.4 Å². The van der Waals surface area contributed by atoms with Gasteiger partial charge < -0.3 is 15.8 Å². The molecule has 0 aliphatic heterocycles. The Morgan fingerprint density at radius 2 is 1.53 bits per heavy atom. The molecule has 3 rings (SSSR count). The average Bonchev–Trinajstić information content (AvgIpc) is 3.30. The second kappa shape index (κ2) is 7.71. The predicted molar refractivity (Wildman–Crippen MR) is 117 cm³/mol. The topological polar surface area (TPSA) is 98.5 Å². The van der Waals surface area contributed by atoms with Crippen molar-refractivity contribution in [3.8, 4) is 0 Å². The summed E-state index contributed by atoms with van der Waals surface area (Å²) in [6, 6.07) is 14.4. The molecule has 6 nitrogen and oxygen atoms in total. The van der Waals surface area contributed by atoms with Crippen molar-refractivity contribution >= 4 is 15.9 Å². The minimum absolute atomic E-state index is 0.0272. The number of hydrogen-bond donors (Lipinski definition) is 2. The van der Waals surface area contributed by atoms with Gasteiger partial charge >= 0.3 is 6.09 Å². The number of aryl methyl sites for hydroxylation is 2. The van der Waals surface area contributed by atoms with Crippen molar-refractivity contribution in [1.29, 1.82) is 0 Å². The van der Waals surface area contributed by atoms with Crippen LogP contribution in [0.3, 0.4) is 0 Å². The Morgan fingerprint density at radius 3 is 2.00 bits per heavy atom. The summed E-state index contributed by atoms with van der Waals surface area (Å²) < 4.78 is 32.5. The second-order valence-corrected chi connectivity index (χ2v) is 11.1. The highest BCUT2D eigenvalue weighted by molar-refractivity contribution is 7.92. The van der Waals surface area contributed by atoms with Crippen LogP contribution in [0.2, 0.25) is 0 Å². The van der Waals surface area contributed by atoms with E-state index in [0.717, 1.165) is 16.7 Å². The number of nitrogens with two attached hydrogens (primary N) is 1. The first kappa shape index (κ1) is 22.3. The molecule has 1 fully saturated rings. The molecule has 0 aromatic heterocycles. The molecular weight excluding hydrogens is 400 g/mol. The first-order valence-corrected chi connectivity index (χ1v) is 11.5. The monoisotopic (exact) mass is 430 g/mol. The zero-order chi connectivity index (χ0) is 22.3. The maximum Gasteiger partial charge on any atom is 0.408 e. The maximum atomic E-state index is 13.5. The van der Waals surface area contributed by atoms with Gasteiger partial charge in [0.15, 0.2) is 9.84 Å². The third kappa shape index (κ3) is 4.23. The summed E-state index contributed by atoms with van der Waals surface area (Å²) in [7, 11) is -3.75. The van der Waals surface area contributed by atoms with Gasteiger partial charge in [-0.25, -0.2) is 13.2 Å². The predicted octanol–water partition coefficient (Wildman–Crippen LogP) is 3.47. The number of nitrogens with one attached hydrogen (secondary N) is 1. The summed E-state index contributed by atoms with van der Waals surface area (Å²) in [5, 5.41) is 1.93. The summed E-state index contributed by atoms with van der Waals surface area (Å²) in [6.07, 6.45) is -0.674. The van der Waals surface area contributed by atoms with Gasteiger partial charge in [0.1, 0.15) is 10.9 Å². The molecule has 30 heavy (non-hydrogen) atoms. The number of carbonyl (C=O) groups excluding carboxylic acids is 1. The molecule has 162 valence electrons. The van der Waals surface area contributed by atoms with Gasteiger partial charge in [-0.2, -0.15) is 0 Å². The lowest BCUT2D eigenvalue weighted by molar-refractivity contribution is 0.0497. The van der Waals surface area contributed by atoms with Crippen molar-refractivity contribution in [3.05, 3.63) is 65.2 Å². The van der Waals surface area contributed by atoms with E-state index in [1.807, 2.05) is 38.1 Å². The number of carbonyl (C=O) groups is 1. The smallest absolute Gasteiger partial charge is 0.408 e. The maximum absolute atomic E-state index is 13.5. The molecule has 0 heterocycles. The van der Waals surface area contributed by atoms with Crippen molar-refractivity contribution in [2.24, 2.45) is 5.73 Å². The Hall–Kier alpha value is -2.38. The first-order valence-electron chi connectivity index (χ1n) is 9.99. The fourth-order valence-corrected chi connectivity index (χ4v) is 6.26. The fraction of sp³-hybridized carbons (Fsp3) is 0.435. The normalized spacial score (nSPS) is 23.7. The Bertz CT molecular complexity index is 1020. The Balaban J connectivity index is 2.03. The van der Waals surface area contributed by atoms with Crippen molar-refractivity contribution < 1.29 is 17.9 Å². The molecule has 1 aliphatic carbocycles. The summed E-state index contributed by atoms with van der Waals surface area (Å²) in [4.78, 5) is 12.8. The van der Waals surface area contributed by atoms with Crippen LogP contribution in [0.15, 0.2) is 53.4 Å². The minimum Gasteiger partial charge on any atom is -0.444 e. The highest BCUT2D eigenvalue weighted by Crippen LogP contribution is 2.57. The summed E-state index contributed by atoms with van der Waals surface area (Å²) in [6.45, 7) is 9.11. The van der Waals surface area contributed by atoms with Gasteiger partial charge in [0, 0.05) is 12.5 Å². The third-order valence-electron chi connectivity index (χ3n) is 5.45. The van der Waals surface area contributed by atoms with E-state index in [2.05, 4.69) is 5.32 Å². The van der Waals surface area contributed by atoms with Crippen LogP contribution >= 0.6 is 0 Å². The largest absolute Gasteiger partial charge is 0.444 e. The van der Waals surface area contributed by atoms with Crippen LogP contribution in [0.5, 0.6) is 0 Å². The molecule has 2 aromatic carbocycles. The van der Waals surface area contributed by atoms with Crippen LogP contribution < -0.4 is 11.1 Å². The number of benzene rings is 2. The number of sulfone groups is 1. The molecule has 0 spiro atoms. The van der Waals surface area contributed by atoms with Crippen LogP contribution in [0.25, 0.3) is 0 Å². The summed E-state index contributed by atoms with van der Waals surface area (Å²) in [5.74, 6) is -0.470. The number of hydrogen-bond acceptors (Lipinski definition) is 5. The lowest BCUT2D eigenvalue weighted by Gasteiger charge is -2.24. The van der Waals surface area contributed by atoms with Gasteiger partial charge in [-0.3, -0.25) is 0 Å². The molecule has 7 heteroatoms. The molecule has 2 aromatic rings. The highest BCUT2D eigenvalue weighted by Gasteiger charge is 2.71. The Kier molecular flexibility index (Phi) is 5.73. The van der Waals surface area contributed by atoms with Crippen LogP contribution in [-0.2, 0) is 14.6 Å². The van der Waals surface area contributed by atoms with E-state index in [1.165, 1.54) is 0 Å². The number of rotatable bonds is 5. The van der Waals surface area contributed by atoms with Crippen molar-refractivity contribution in [3.63, 3.8) is 0 Å². The molecule has 0 bridgehead atoms. The van der Waals surface area contributed by atoms with E-state index >= 15 is 0 Å². The van der Waals surface area contributed by atoms with E-state index in [1.54, 1.807) is 45.0 Å². The van der Waals surface area contributed by atoms with Gasteiger partial charge in [-0.05, 0) is 52.3 Å². The average molecular weight is 431 g/mol. The van der Waals surface area contributed by atoms with E-state index in [4.69, 9.17) is 10.5 Å². The van der Waals surface area contributed by atoms with Gasteiger partial charge in [-0.1, -0.05) is 47.5 Å². The number of alkyl carbamates (subject to hydrolysis) is 1. The molecule has 0 radical (unpaired) electrons. The molecule has 3 atom stereocenters. The molecule has 0 unspecified atom stereocenters. The van der Waals surface area contributed by atoms with Gasteiger partial charge in [-0.15, -0.1) is 0 Å². The molecule has 3 N–H and O–H groups in total. The summed E-state index contributed by atoms with van der Waals surface area (Å²) >= 11 is 0. The standard InChI is InChI=1S/C23H30N2O4S/c1-15-6-10-17(11-7-15)19-20(30(27,28)18-12-8-16(2)9-13-18)23(19,14-24)25-21(26)29-22(3,4)5/h6-13,19-20H,14,24H2,1-5H3,(H,25,26)/t19-,20+,23-/m1/s1. The quantitative estimate of drug-likeness (QED) is 0.757. The molecular formula is C23H30N2O4S. The molecule has 1 saturated carbocycles. The van der Waals surface area contributed by atoms with E-state index < -0.39 is 38.2 Å². The van der Waals surface area contributed by atoms with Crippen LogP contribution in [0.1, 0.15) is 43.4 Å². The first-order chi connectivity index (χ1) is 13.9. The number of amides is 1. The summed E-state index contributed by atoms with van der Waals surface area (Å²) in [5.41, 5.74) is 7.10. The van der Waals surface area contributed by atoms with E-state index in [9.17, 15) is 13.2 Å². The van der Waals surface area contributed by atoms with E-state index in [0.29, 0.717) is 0 Å². The SMILES string of the molecule is Cc1ccc([C@@H]2[C@H](S(=O)(=O)c3ccc(C)cc3)[C@]2(CN)NC(=O)OC(C)(C)C)cc1. The zero-order valence-corrected chi connectivity index (χ0v) is 18.9.